The topological polar surface area (TPSA) is 29.1 Å². The van der Waals surface area contributed by atoms with Crippen molar-refractivity contribution < 1.29 is 4.79 Å². The predicted molar refractivity (Wildman–Crippen MR) is 88.7 cm³/mol. The number of fused-ring (bicyclic) bond motifs is 1. The molecule has 2 nitrogen and oxygen atoms in total. The number of nitrogens with one attached hydrogen (secondary N) is 1. The average Bonchev–Trinajstić information content (AvgIpc) is 2.87. The highest BCUT2D eigenvalue weighted by atomic mass is 79.9. The van der Waals surface area contributed by atoms with Gasteiger partial charge in [-0.3, -0.25) is 4.79 Å². The second-order valence-corrected chi connectivity index (χ2v) is 6.33. The second-order valence-electron chi connectivity index (χ2n) is 4.56. The third-order valence-corrected chi connectivity index (χ3v) is 4.97. The van der Waals surface area contributed by atoms with E-state index in [0.717, 1.165) is 31.4 Å². The summed E-state index contributed by atoms with van der Waals surface area (Å²) in [7, 11) is 0. The number of hydrogen-bond donors (Lipinski definition) is 1. The Hall–Kier alpha value is -1.65. The molecule has 100 valence electrons. The quantitative estimate of drug-likeness (QED) is 0.677. The van der Waals surface area contributed by atoms with Gasteiger partial charge in [0.2, 0.25) is 0 Å². The Bertz CT molecular complexity index is 794. The van der Waals surface area contributed by atoms with Crippen molar-refractivity contribution in [3.63, 3.8) is 0 Å². The molecule has 0 unspecified atom stereocenters. The fraction of sp³-hybridized carbons (Fsp3) is 0.0625. The van der Waals surface area contributed by atoms with Crippen molar-refractivity contribution >= 4 is 48.9 Å². The largest absolute Gasteiger partial charge is 0.322 e. The first kappa shape index (κ1) is 13.3. The number of rotatable bonds is 2. The van der Waals surface area contributed by atoms with Crippen LogP contribution in [-0.4, -0.2) is 5.91 Å². The van der Waals surface area contributed by atoms with Crippen LogP contribution in [0.5, 0.6) is 0 Å². The molecule has 1 amide bonds. The molecule has 0 fully saturated rings. The average molecular weight is 346 g/mol. The van der Waals surface area contributed by atoms with Gasteiger partial charge in [0.05, 0.1) is 5.56 Å². The molecule has 1 aromatic heterocycles. The maximum Gasteiger partial charge on any atom is 0.257 e. The van der Waals surface area contributed by atoms with Crippen molar-refractivity contribution in [3.8, 4) is 0 Å². The summed E-state index contributed by atoms with van der Waals surface area (Å²) in [4.78, 5) is 12.4. The molecule has 0 bridgehead atoms. The van der Waals surface area contributed by atoms with Crippen LogP contribution in [-0.2, 0) is 0 Å². The van der Waals surface area contributed by atoms with E-state index >= 15 is 0 Å². The fourth-order valence-electron chi connectivity index (χ4n) is 2.02. The monoisotopic (exact) mass is 345 g/mol. The number of benzene rings is 2. The maximum absolute atomic E-state index is 12.4. The summed E-state index contributed by atoms with van der Waals surface area (Å²) in [6.45, 7) is 2.02. The highest BCUT2D eigenvalue weighted by Crippen LogP contribution is 2.27. The zero-order chi connectivity index (χ0) is 14.1. The van der Waals surface area contributed by atoms with Gasteiger partial charge in [0.25, 0.3) is 5.91 Å². The molecule has 3 rings (SSSR count). The fourth-order valence-corrected chi connectivity index (χ4v) is 3.34. The van der Waals surface area contributed by atoms with Gasteiger partial charge in [-0.25, -0.2) is 0 Å². The number of aryl methyl sites for hydroxylation is 1. The van der Waals surface area contributed by atoms with Gasteiger partial charge < -0.3 is 5.32 Å². The summed E-state index contributed by atoms with van der Waals surface area (Å²) >= 11 is 5.06. The summed E-state index contributed by atoms with van der Waals surface area (Å²) in [6, 6.07) is 13.7. The Morgan fingerprint density at radius 1 is 1.20 bits per heavy atom. The van der Waals surface area contributed by atoms with Crippen molar-refractivity contribution in [1.82, 2.24) is 0 Å². The molecule has 0 atom stereocenters. The zero-order valence-electron chi connectivity index (χ0n) is 10.8. The van der Waals surface area contributed by atoms with E-state index in [-0.39, 0.29) is 5.91 Å². The van der Waals surface area contributed by atoms with E-state index in [4.69, 9.17) is 0 Å². The Kier molecular flexibility index (Phi) is 3.59. The molecule has 20 heavy (non-hydrogen) atoms. The van der Waals surface area contributed by atoms with Crippen molar-refractivity contribution in [1.29, 1.82) is 0 Å². The van der Waals surface area contributed by atoms with Gasteiger partial charge in [-0.15, -0.1) is 11.3 Å². The molecule has 1 N–H and O–H groups in total. The minimum absolute atomic E-state index is 0.0711. The smallest absolute Gasteiger partial charge is 0.257 e. The van der Waals surface area contributed by atoms with Crippen LogP contribution in [0.1, 0.15) is 15.9 Å². The Balaban J connectivity index is 1.91. The number of anilines is 1. The van der Waals surface area contributed by atoms with E-state index < -0.39 is 0 Å². The summed E-state index contributed by atoms with van der Waals surface area (Å²) in [5.41, 5.74) is 2.66. The van der Waals surface area contributed by atoms with Crippen LogP contribution in [0.3, 0.4) is 0 Å². The van der Waals surface area contributed by atoms with E-state index in [1.807, 2.05) is 54.8 Å². The predicted octanol–water partition coefficient (Wildman–Crippen LogP) is 5.22. The van der Waals surface area contributed by atoms with Gasteiger partial charge in [0.1, 0.15) is 0 Å². The minimum Gasteiger partial charge on any atom is -0.322 e. The Morgan fingerprint density at radius 3 is 2.80 bits per heavy atom. The molecular weight excluding hydrogens is 334 g/mol. The van der Waals surface area contributed by atoms with Crippen LogP contribution < -0.4 is 5.32 Å². The number of carbonyl (C=O) groups excluding carboxylic acids is 1. The van der Waals surface area contributed by atoms with Gasteiger partial charge in [-0.1, -0.05) is 40.2 Å². The molecule has 0 aliphatic heterocycles. The van der Waals surface area contributed by atoms with E-state index in [2.05, 4.69) is 21.2 Å². The lowest BCUT2D eigenvalue weighted by atomic mass is 10.1. The molecule has 0 saturated carbocycles. The Labute approximate surface area is 129 Å². The van der Waals surface area contributed by atoms with Gasteiger partial charge in [0, 0.05) is 25.6 Å². The number of thiophene rings is 1. The van der Waals surface area contributed by atoms with Crippen LogP contribution in [0.4, 0.5) is 5.69 Å². The standard InChI is InChI=1S/C16H12BrNOS/c1-10-6-7-11(8-14(10)17)18-16(19)13-9-20-15-5-3-2-4-12(13)15/h2-9H,1H3,(H,18,19). The molecule has 4 heteroatoms. The molecule has 2 aromatic carbocycles. The molecule has 0 aliphatic carbocycles. The number of halogens is 1. The van der Waals surface area contributed by atoms with Crippen molar-refractivity contribution in [2.24, 2.45) is 0 Å². The van der Waals surface area contributed by atoms with E-state index in [9.17, 15) is 4.79 Å². The van der Waals surface area contributed by atoms with E-state index in [1.54, 1.807) is 11.3 Å². The zero-order valence-corrected chi connectivity index (χ0v) is 13.2. The molecule has 0 saturated heterocycles. The lowest BCUT2D eigenvalue weighted by molar-refractivity contribution is 0.102. The number of hydrogen-bond acceptors (Lipinski definition) is 2. The molecule has 3 aromatic rings. The van der Waals surface area contributed by atoms with Crippen LogP contribution in [0, 0.1) is 6.92 Å². The summed E-state index contributed by atoms with van der Waals surface area (Å²) < 4.78 is 2.12. The van der Waals surface area contributed by atoms with Crippen LogP contribution in [0.25, 0.3) is 10.1 Å². The lowest BCUT2D eigenvalue weighted by Gasteiger charge is -2.06. The third-order valence-electron chi connectivity index (χ3n) is 3.16. The van der Waals surface area contributed by atoms with Gasteiger partial charge in [-0.05, 0) is 30.7 Å². The number of carbonyl (C=O) groups is 1. The van der Waals surface area contributed by atoms with Gasteiger partial charge in [-0.2, -0.15) is 0 Å². The van der Waals surface area contributed by atoms with E-state index in [0.29, 0.717) is 0 Å². The molecule has 0 radical (unpaired) electrons. The van der Waals surface area contributed by atoms with Gasteiger partial charge in [0.15, 0.2) is 0 Å². The van der Waals surface area contributed by atoms with Crippen molar-refractivity contribution in [3.05, 3.63) is 63.4 Å². The first-order valence-electron chi connectivity index (χ1n) is 6.19. The normalized spacial score (nSPS) is 10.7. The Morgan fingerprint density at radius 2 is 2.00 bits per heavy atom. The highest BCUT2D eigenvalue weighted by molar-refractivity contribution is 9.10. The van der Waals surface area contributed by atoms with Crippen molar-refractivity contribution in [2.45, 2.75) is 6.92 Å². The molecule has 1 heterocycles. The molecule has 0 spiro atoms. The van der Waals surface area contributed by atoms with Crippen LogP contribution in [0.15, 0.2) is 52.3 Å². The third kappa shape index (κ3) is 2.49. The summed E-state index contributed by atoms with van der Waals surface area (Å²) in [6.07, 6.45) is 0. The lowest BCUT2D eigenvalue weighted by Crippen LogP contribution is -2.11. The first-order chi connectivity index (χ1) is 9.65. The number of amides is 1. The molecular formula is C16H12BrNOS. The van der Waals surface area contributed by atoms with Crippen LogP contribution in [0.2, 0.25) is 0 Å². The van der Waals surface area contributed by atoms with Crippen molar-refractivity contribution in [2.75, 3.05) is 5.32 Å². The minimum atomic E-state index is -0.0711. The van der Waals surface area contributed by atoms with E-state index in [1.165, 1.54) is 0 Å². The second kappa shape index (κ2) is 5.38. The summed E-state index contributed by atoms with van der Waals surface area (Å²) in [5, 5.41) is 5.85. The summed E-state index contributed by atoms with van der Waals surface area (Å²) in [5.74, 6) is -0.0711. The first-order valence-corrected chi connectivity index (χ1v) is 7.86. The SMILES string of the molecule is Cc1ccc(NC(=O)c2csc3ccccc23)cc1Br. The van der Waals surface area contributed by atoms with Crippen LogP contribution >= 0.6 is 27.3 Å². The van der Waals surface area contributed by atoms with Gasteiger partial charge >= 0.3 is 0 Å². The molecule has 0 aliphatic rings. The maximum atomic E-state index is 12.4. The highest BCUT2D eigenvalue weighted by Gasteiger charge is 2.12.